The molecule has 3 N–H and O–H groups in total. The Morgan fingerprint density at radius 2 is 1.83 bits per heavy atom. The first kappa shape index (κ1) is 22.5. The standard InChI is InChI=1S/C24H21F3N8/c1-14-2-3-17(32-23-30-8-5-21(34-23)24(25,26)27)11-20(14)35-9-6-18-15(13-35)12-31-22(33-18)19-10-16(28)4-7-29-19/h2-5,7-8,10-12H,6,9,13H2,1H3,(H2,28,29)(H,30,32,34). The fraction of sp³-hybridized carbons (Fsp3) is 0.208. The zero-order chi connectivity index (χ0) is 24.6. The van der Waals surface area contributed by atoms with E-state index >= 15 is 0 Å². The molecule has 11 heteroatoms. The van der Waals surface area contributed by atoms with Crippen molar-refractivity contribution >= 4 is 23.0 Å². The van der Waals surface area contributed by atoms with Crippen LogP contribution in [0.5, 0.6) is 0 Å². The van der Waals surface area contributed by atoms with E-state index in [9.17, 15) is 13.2 Å². The van der Waals surface area contributed by atoms with E-state index in [1.54, 1.807) is 24.4 Å². The smallest absolute Gasteiger partial charge is 0.399 e. The van der Waals surface area contributed by atoms with E-state index in [0.29, 0.717) is 35.9 Å². The third kappa shape index (κ3) is 4.84. The van der Waals surface area contributed by atoms with E-state index < -0.39 is 11.9 Å². The number of aromatic nitrogens is 5. The molecular weight excluding hydrogens is 457 g/mol. The Morgan fingerprint density at radius 3 is 2.63 bits per heavy atom. The maximum absolute atomic E-state index is 13.0. The molecule has 4 heterocycles. The topological polar surface area (TPSA) is 106 Å². The van der Waals surface area contributed by atoms with Crippen molar-refractivity contribution in [2.45, 2.75) is 26.1 Å². The van der Waals surface area contributed by atoms with Crippen molar-refractivity contribution < 1.29 is 13.2 Å². The quantitative estimate of drug-likeness (QED) is 0.440. The summed E-state index contributed by atoms with van der Waals surface area (Å²) >= 11 is 0. The van der Waals surface area contributed by atoms with Gasteiger partial charge in [-0.3, -0.25) is 4.98 Å². The lowest BCUT2D eigenvalue weighted by Gasteiger charge is -2.31. The number of nitrogen functional groups attached to an aromatic ring is 1. The fourth-order valence-electron chi connectivity index (χ4n) is 3.95. The van der Waals surface area contributed by atoms with E-state index in [1.165, 1.54) is 0 Å². The van der Waals surface area contributed by atoms with Crippen LogP contribution in [0.25, 0.3) is 11.5 Å². The number of rotatable bonds is 4. The molecule has 0 radical (unpaired) electrons. The first-order chi connectivity index (χ1) is 16.8. The normalized spacial score (nSPS) is 13.4. The number of nitrogens with one attached hydrogen (secondary N) is 1. The van der Waals surface area contributed by atoms with Gasteiger partial charge in [0.2, 0.25) is 5.95 Å². The second-order valence-electron chi connectivity index (χ2n) is 8.20. The van der Waals surface area contributed by atoms with Crippen LogP contribution in [-0.2, 0) is 19.1 Å². The van der Waals surface area contributed by atoms with Gasteiger partial charge in [0, 0.05) is 60.7 Å². The number of benzene rings is 1. The average molecular weight is 478 g/mol. The minimum Gasteiger partial charge on any atom is -0.399 e. The monoisotopic (exact) mass is 478 g/mol. The second-order valence-corrected chi connectivity index (χ2v) is 8.20. The van der Waals surface area contributed by atoms with Gasteiger partial charge >= 0.3 is 6.18 Å². The minimum atomic E-state index is -4.54. The van der Waals surface area contributed by atoms with Crippen LogP contribution in [0.2, 0.25) is 0 Å². The Kier molecular flexibility index (Phi) is 5.67. The molecule has 0 aliphatic carbocycles. The molecule has 35 heavy (non-hydrogen) atoms. The Bertz CT molecular complexity index is 1390. The van der Waals surface area contributed by atoms with Crippen molar-refractivity contribution in [3.63, 3.8) is 0 Å². The molecule has 1 aromatic carbocycles. The minimum absolute atomic E-state index is 0.116. The van der Waals surface area contributed by atoms with Crippen molar-refractivity contribution in [2.24, 2.45) is 0 Å². The molecular formula is C24H21F3N8. The number of pyridine rings is 1. The summed E-state index contributed by atoms with van der Waals surface area (Å²) in [6, 6.07) is 9.88. The van der Waals surface area contributed by atoms with Crippen LogP contribution >= 0.6 is 0 Å². The molecule has 0 atom stereocenters. The van der Waals surface area contributed by atoms with Crippen molar-refractivity contribution in [1.29, 1.82) is 0 Å². The number of aryl methyl sites for hydroxylation is 1. The largest absolute Gasteiger partial charge is 0.433 e. The van der Waals surface area contributed by atoms with E-state index in [2.05, 4.69) is 30.2 Å². The zero-order valence-electron chi connectivity index (χ0n) is 18.7. The molecule has 1 aliphatic heterocycles. The summed E-state index contributed by atoms with van der Waals surface area (Å²) in [5.41, 5.74) is 10.6. The zero-order valence-corrected chi connectivity index (χ0v) is 18.7. The lowest BCUT2D eigenvalue weighted by molar-refractivity contribution is -0.141. The van der Waals surface area contributed by atoms with Crippen molar-refractivity contribution in [1.82, 2.24) is 24.9 Å². The van der Waals surface area contributed by atoms with Gasteiger partial charge in [0.25, 0.3) is 0 Å². The Morgan fingerprint density at radius 1 is 1.00 bits per heavy atom. The van der Waals surface area contributed by atoms with Gasteiger partial charge in [0.1, 0.15) is 11.4 Å². The molecule has 0 saturated carbocycles. The highest BCUT2D eigenvalue weighted by Gasteiger charge is 2.32. The number of hydrogen-bond acceptors (Lipinski definition) is 8. The lowest BCUT2D eigenvalue weighted by atomic mass is 10.0. The molecule has 0 bridgehead atoms. The average Bonchev–Trinajstić information content (AvgIpc) is 2.84. The summed E-state index contributed by atoms with van der Waals surface area (Å²) in [6.07, 6.45) is 0.694. The van der Waals surface area contributed by atoms with Gasteiger partial charge in [-0.1, -0.05) is 6.07 Å². The number of halogens is 3. The highest BCUT2D eigenvalue weighted by molar-refractivity contribution is 5.66. The van der Waals surface area contributed by atoms with Crippen molar-refractivity contribution in [3.05, 3.63) is 77.5 Å². The van der Waals surface area contributed by atoms with Crippen molar-refractivity contribution in [2.75, 3.05) is 22.5 Å². The van der Waals surface area contributed by atoms with Crippen LogP contribution in [0, 0.1) is 6.92 Å². The van der Waals surface area contributed by atoms with Crippen LogP contribution < -0.4 is 16.0 Å². The molecule has 3 aromatic heterocycles. The molecule has 0 amide bonds. The van der Waals surface area contributed by atoms with Gasteiger partial charge in [-0.25, -0.2) is 19.9 Å². The molecule has 4 aromatic rings. The Balaban J connectivity index is 1.37. The summed E-state index contributed by atoms with van der Waals surface area (Å²) in [6.45, 7) is 3.31. The van der Waals surface area contributed by atoms with E-state index in [0.717, 1.165) is 41.3 Å². The Labute approximate surface area is 199 Å². The highest BCUT2D eigenvalue weighted by Crippen LogP contribution is 2.31. The second kappa shape index (κ2) is 8.82. The van der Waals surface area contributed by atoms with Crippen molar-refractivity contribution in [3.8, 4) is 11.5 Å². The van der Waals surface area contributed by atoms with Gasteiger partial charge in [-0.05, 0) is 42.8 Å². The molecule has 0 saturated heterocycles. The van der Waals surface area contributed by atoms with Crippen LogP contribution in [0.15, 0.2) is 55.0 Å². The van der Waals surface area contributed by atoms with Gasteiger partial charge in [0.15, 0.2) is 5.82 Å². The molecule has 8 nitrogen and oxygen atoms in total. The molecule has 178 valence electrons. The van der Waals surface area contributed by atoms with E-state index in [-0.39, 0.29) is 5.95 Å². The summed E-state index contributed by atoms with van der Waals surface area (Å²) in [7, 11) is 0. The summed E-state index contributed by atoms with van der Waals surface area (Å²) in [4.78, 5) is 23.2. The number of fused-ring (bicyclic) bond motifs is 1. The maximum atomic E-state index is 13.0. The number of hydrogen-bond donors (Lipinski definition) is 2. The van der Waals surface area contributed by atoms with E-state index in [1.807, 2.05) is 25.3 Å². The van der Waals surface area contributed by atoms with Crippen LogP contribution in [-0.4, -0.2) is 31.5 Å². The SMILES string of the molecule is Cc1ccc(Nc2nccc(C(F)(F)F)n2)cc1N1CCc2nc(-c3cc(N)ccn3)ncc2C1. The van der Waals surface area contributed by atoms with Gasteiger partial charge in [-0.15, -0.1) is 0 Å². The lowest BCUT2D eigenvalue weighted by Crippen LogP contribution is -2.31. The van der Waals surface area contributed by atoms with Crippen LogP contribution in [0.1, 0.15) is 22.5 Å². The third-order valence-electron chi connectivity index (χ3n) is 5.70. The van der Waals surface area contributed by atoms with Gasteiger partial charge in [-0.2, -0.15) is 13.2 Å². The summed E-state index contributed by atoms with van der Waals surface area (Å²) in [5.74, 6) is 0.419. The number of nitrogens with two attached hydrogens (primary N) is 1. The first-order valence-electron chi connectivity index (χ1n) is 10.9. The number of nitrogens with zero attached hydrogens (tertiary/aromatic N) is 6. The first-order valence-corrected chi connectivity index (χ1v) is 10.9. The molecule has 5 rings (SSSR count). The summed E-state index contributed by atoms with van der Waals surface area (Å²) < 4.78 is 38.9. The molecule has 0 unspecified atom stereocenters. The predicted molar refractivity (Wildman–Crippen MR) is 126 cm³/mol. The molecule has 1 aliphatic rings. The highest BCUT2D eigenvalue weighted by atomic mass is 19.4. The number of alkyl halides is 3. The summed E-state index contributed by atoms with van der Waals surface area (Å²) in [5, 5.41) is 2.88. The van der Waals surface area contributed by atoms with Gasteiger partial charge < -0.3 is 16.0 Å². The number of anilines is 4. The molecule has 0 spiro atoms. The third-order valence-corrected chi connectivity index (χ3v) is 5.70. The van der Waals surface area contributed by atoms with E-state index in [4.69, 9.17) is 10.7 Å². The Hall–Kier alpha value is -4.28. The molecule has 0 fully saturated rings. The van der Waals surface area contributed by atoms with Crippen LogP contribution in [0.4, 0.5) is 36.2 Å². The van der Waals surface area contributed by atoms with Crippen LogP contribution in [0.3, 0.4) is 0 Å². The predicted octanol–water partition coefficient (Wildman–Crippen LogP) is 4.54. The van der Waals surface area contributed by atoms with Gasteiger partial charge in [0.05, 0.1) is 5.69 Å². The fourth-order valence-corrected chi connectivity index (χ4v) is 3.95. The maximum Gasteiger partial charge on any atom is 0.433 e.